The van der Waals surface area contributed by atoms with Crippen LogP contribution in [-0.2, 0) is 0 Å². The van der Waals surface area contributed by atoms with Gasteiger partial charge in [-0.25, -0.2) is 0 Å². The molecule has 0 bridgehead atoms. The Hall–Kier alpha value is 0. The van der Waals surface area contributed by atoms with Crippen LogP contribution in [0.3, 0.4) is 0 Å². The third-order valence-electron chi connectivity index (χ3n) is 3.78. The molecule has 0 aromatic rings. The van der Waals surface area contributed by atoms with Gasteiger partial charge in [0.25, 0.3) is 0 Å². The van der Waals surface area contributed by atoms with E-state index >= 15 is 0 Å². The molecule has 2 atom stereocenters. The fraction of sp³-hybridized carbons (Fsp3) is 0.917. The number of hydrogen-bond donors (Lipinski definition) is 0. The Kier molecular flexibility index (Phi) is 4.89. The summed E-state index contributed by atoms with van der Waals surface area (Å²) in [5.41, 5.74) is 0.464. The SMILES string of the molecule is [CH2]CC(CC)C(C)(C)C(C)CC. The minimum Gasteiger partial charge on any atom is -0.0651 e. The molecule has 0 heterocycles. The monoisotopic (exact) mass is 169 g/mol. The molecule has 0 fully saturated rings. The van der Waals surface area contributed by atoms with Crippen LogP contribution in [0.5, 0.6) is 0 Å². The zero-order valence-electron chi connectivity index (χ0n) is 9.48. The molecular weight excluding hydrogens is 144 g/mol. The van der Waals surface area contributed by atoms with E-state index in [1.165, 1.54) is 12.8 Å². The predicted molar refractivity (Wildman–Crippen MR) is 57.0 cm³/mol. The van der Waals surface area contributed by atoms with E-state index in [4.69, 9.17) is 0 Å². The zero-order valence-corrected chi connectivity index (χ0v) is 9.48. The highest BCUT2D eigenvalue weighted by Gasteiger charge is 2.31. The van der Waals surface area contributed by atoms with Crippen molar-refractivity contribution in [3.05, 3.63) is 6.92 Å². The van der Waals surface area contributed by atoms with Crippen LogP contribution >= 0.6 is 0 Å². The van der Waals surface area contributed by atoms with Gasteiger partial charge in [0.2, 0.25) is 0 Å². The fourth-order valence-electron chi connectivity index (χ4n) is 2.03. The Morgan fingerprint density at radius 3 is 1.92 bits per heavy atom. The first kappa shape index (κ1) is 12.0. The van der Waals surface area contributed by atoms with Crippen molar-refractivity contribution in [1.82, 2.24) is 0 Å². The summed E-state index contributed by atoms with van der Waals surface area (Å²) < 4.78 is 0. The van der Waals surface area contributed by atoms with Crippen molar-refractivity contribution in [3.63, 3.8) is 0 Å². The summed E-state index contributed by atoms with van der Waals surface area (Å²) in [6.45, 7) is 15.7. The van der Waals surface area contributed by atoms with Crippen molar-refractivity contribution in [2.75, 3.05) is 0 Å². The lowest BCUT2D eigenvalue weighted by Gasteiger charge is -2.38. The summed E-state index contributed by atoms with van der Waals surface area (Å²) in [4.78, 5) is 0. The highest BCUT2D eigenvalue weighted by molar-refractivity contribution is 4.82. The molecule has 2 unspecified atom stereocenters. The van der Waals surface area contributed by atoms with E-state index in [0.29, 0.717) is 5.41 Å². The molecule has 0 aliphatic heterocycles. The van der Waals surface area contributed by atoms with Crippen LogP contribution in [0.25, 0.3) is 0 Å². The maximum Gasteiger partial charge on any atom is -0.0300 e. The van der Waals surface area contributed by atoms with Crippen molar-refractivity contribution >= 4 is 0 Å². The maximum atomic E-state index is 4.04. The molecule has 0 spiro atoms. The van der Waals surface area contributed by atoms with E-state index in [1.807, 2.05) is 0 Å². The smallest absolute Gasteiger partial charge is 0.0300 e. The van der Waals surface area contributed by atoms with Gasteiger partial charge < -0.3 is 0 Å². The first-order valence-corrected chi connectivity index (χ1v) is 5.29. The van der Waals surface area contributed by atoms with Gasteiger partial charge in [0, 0.05) is 0 Å². The van der Waals surface area contributed by atoms with E-state index in [-0.39, 0.29) is 0 Å². The number of hydrogen-bond acceptors (Lipinski definition) is 0. The van der Waals surface area contributed by atoms with Crippen molar-refractivity contribution in [2.45, 2.75) is 53.9 Å². The standard InChI is InChI=1S/C12H25/c1-7-10(4)12(5,6)11(8-2)9-3/h10-11H,2,7-9H2,1,3-6H3. The van der Waals surface area contributed by atoms with Crippen molar-refractivity contribution in [3.8, 4) is 0 Å². The quantitative estimate of drug-likeness (QED) is 0.575. The largest absolute Gasteiger partial charge is 0.0651 e. The topological polar surface area (TPSA) is 0 Å². The summed E-state index contributed by atoms with van der Waals surface area (Å²) in [5, 5.41) is 0. The highest BCUT2D eigenvalue weighted by atomic mass is 14.4. The third kappa shape index (κ3) is 2.50. The molecule has 0 aromatic heterocycles. The Morgan fingerprint density at radius 1 is 1.17 bits per heavy atom. The maximum absolute atomic E-state index is 4.04. The van der Waals surface area contributed by atoms with Crippen LogP contribution in [0.1, 0.15) is 53.9 Å². The van der Waals surface area contributed by atoms with E-state index in [2.05, 4.69) is 41.5 Å². The van der Waals surface area contributed by atoms with Gasteiger partial charge in [-0.3, -0.25) is 0 Å². The van der Waals surface area contributed by atoms with Gasteiger partial charge in [-0.15, -0.1) is 0 Å². The second kappa shape index (κ2) is 4.89. The van der Waals surface area contributed by atoms with Gasteiger partial charge in [-0.1, -0.05) is 54.4 Å². The number of rotatable bonds is 5. The summed E-state index contributed by atoms with van der Waals surface area (Å²) in [5.74, 6) is 1.59. The Bertz CT molecular complexity index is 109. The molecular formula is C12H25. The Labute approximate surface area is 78.8 Å². The second-order valence-corrected chi connectivity index (χ2v) is 4.52. The molecule has 0 saturated heterocycles. The van der Waals surface area contributed by atoms with Crippen molar-refractivity contribution in [1.29, 1.82) is 0 Å². The summed E-state index contributed by atoms with van der Waals surface area (Å²) in [6.07, 6.45) is 3.62. The van der Waals surface area contributed by atoms with Crippen molar-refractivity contribution < 1.29 is 0 Å². The predicted octanol–water partition coefficient (Wildman–Crippen LogP) is 4.31. The minimum atomic E-state index is 0.464. The molecule has 0 nitrogen and oxygen atoms in total. The highest BCUT2D eigenvalue weighted by Crippen LogP contribution is 2.40. The van der Waals surface area contributed by atoms with Gasteiger partial charge in [0.05, 0.1) is 0 Å². The van der Waals surface area contributed by atoms with Crippen LogP contribution in [0, 0.1) is 24.2 Å². The van der Waals surface area contributed by atoms with Gasteiger partial charge >= 0.3 is 0 Å². The van der Waals surface area contributed by atoms with Gasteiger partial charge in [-0.05, 0) is 23.7 Å². The molecule has 73 valence electrons. The minimum absolute atomic E-state index is 0.464. The van der Waals surface area contributed by atoms with E-state index in [0.717, 1.165) is 18.3 Å². The normalized spacial score (nSPS) is 15.2. The lowest BCUT2D eigenvalue weighted by atomic mass is 9.67. The molecule has 0 aromatic carbocycles. The average Bonchev–Trinajstić information content (AvgIpc) is 2.04. The summed E-state index contributed by atoms with van der Waals surface area (Å²) >= 11 is 0. The molecule has 0 rings (SSSR count). The molecule has 0 heteroatoms. The first-order valence-electron chi connectivity index (χ1n) is 5.29. The molecule has 1 radical (unpaired) electrons. The van der Waals surface area contributed by atoms with E-state index in [1.54, 1.807) is 0 Å². The summed E-state index contributed by atoms with van der Waals surface area (Å²) in [7, 11) is 0. The van der Waals surface area contributed by atoms with Gasteiger partial charge in [0.15, 0.2) is 0 Å². The van der Waals surface area contributed by atoms with Crippen LogP contribution in [0.4, 0.5) is 0 Å². The molecule has 12 heavy (non-hydrogen) atoms. The lowest BCUT2D eigenvalue weighted by molar-refractivity contribution is 0.119. The summed E-state index contributed by atoms with van der Waals surface area (Å²) in [6, 6.07) is 0. The average molecular weight is 169 g/mol. The third-order valence-corrected chi connectivity index (χ3v) is 3.78. The first-order chi connectivity index (χ1) is 5.50. The zero-order chi connectivity index (χ0) is 9.78. The van der Waals surface area contributed by atoms with Gasteiger partial charge in [-0.2, -0.15) is 0 Å². The molecule has 0 amide bonds. The van der Waals surface area contributed by atoms with Crippen molar-refractivity contribution in [2.24, 2.45) is 17.3 Å². The van der Waals surface area contributed by atoms with Crippen LogP contribution in [0.2, 0.25) is 0 Å². The molecule has 0 aliphatic rings. The van der Waals surface area contributed by atoms with Gasteiger partial charge in [0.1, 0.15) is 0 Å². The second-order valence-electron chi connectivity index (χ2n) is 4.52. The Balaban J connectivity index is 4.33. The Morgan fingerprint density at radius 2 is 1.67 bits per heavy atom. The van der Waals surface area contributed by atoms with Crippen LogP contribution in [-0.4, -0.2) is 0 Å². The lowest BCUT2D eigenvalue weighted by Crippen LogP contribution is -2.30. The molecule has 0 N–H and O–H groups in total. The fourth-order valence-corrected chi connectivity index (χ4v) is 2.03. The van der Waals surface area contributed by atoms with E-state index in [9.17, 15) is 0 Å². The molecule has 0 aliphatic carbocycles. The van der Waals surface area contributed by atoms with Crippen LogP contribution < -0.4 is 0 Å². The van der Waals surface area contributed by atoms with E-state index < -0.39 is 0 Å². The van der Waals surface area contributed by atoms with Crippen LogP contribution in [0.15, 0.2) is 0 Å². The molecule has 0 saturated carbocycles.